The normalized spacial score (nSPS) is 18.4. The van der Waals surface area contributed by atoms with Gasteiger partial charge in [0.25, 0.3) is 5.56 Å². The molecule has 0 unspecified atom stereocenters. The van der Waals surface area contributed by atoms with E-state index >= 15 is 0 Å². The van der Waals surface area contributed by atoms with Crippen molar-refractivity contribution in [2.24, 2.45) is 5.73 Å². The first kappa shape index (κ1) is 26.5. The van der Waals surface area contributed by atoms with Gasteiger partial charge >= 0.3 is 5.97 Å². The van der Waals surface area contributed by atoms with Gasteiger partial charge < -0.3 is 20.1 Å². The monoisotopic (exact) mass is 507 g/mol. The van der Waals surface area contributed by atoms with Crippen LogP contribution in [0, 0.1) is 12.7 Å². The first-order valence-electron chi connectivity index (χ1n) is 12.8. The van der Waals surface area contributed by atoms with Crippen molar-refractivity contribution in [1.82, 2.24) is 9.55 Å². The second-order valence-corrected chi connectivity index (χ2v) is 9.58. The summed E-state index contributed by atoms with van der Waals surface area (Å²) in [6, 6.07) is 3.18. The van der Waals surface area contributed by atoms with Crippen LogP contribution in [0.15, 0.2) is 29.2 Å². The Balaban J connectivity index is 0.000000490. The van der Waals surface area contributed by atoms with E-state index in [1.54, 1.807) is 24.5 Å². The van der Waals surface area contributed by atoms with Crippen molar-refractivity contribution in [3.8, 4) is 11.4 Å². The van der Waals surface area contributed by atoms with Crippen molar-refractivity contribution >= 4 is 16.9 Å². The maximum absolute atomic E-state index is 14.6. The van der Waals surface area contributed by atoms with E-state index in [0.29, 0.717) is 45.8 Å². The number of carbonyl (C=O) groups is 1. The lowest BCUT2D eigenvalue weighted by Gasteiger charge is -2.31. The van der Waals surface area contributed by atoms with Crippen LogP contribution in [-0.2, 0) is 41.1 Å². The molecule has 0 fully saturated rings. The molecule has 2 aliphatic heterocycles. The van der Waals surface area contributed by atoms with Gasteiger partial charge in [-0.2, -0.15) is 0 Å². The van der Waals surface area contributed by atoms with Crippen LogP contribution in [0.25, 0.3) is 22.3 Å². The lowest BCUT2D eigenvalue weighted by molar-refractivity contribution is -0.172. The van der Waals surface area contributed by atoms with Crippen molar-refractivity contribution in [2.45, 2.75) is 79.1 Å². The number of hydrogen-bond donors (Lipinski definition) is 2. The SMILES string of the molecule is C=C(C)N.CC.CC[C@@]1(O)C(=O)OCc2c1cc1n(c2=O)Cc2c-1nc1cc(F)c(C)c3c1c2CCC3. The smallest absolute Gasteiger partial charge is 0.343 e. The van der Waals surface area contributed by atoms with Crippen molar-refractivity contribution in [3.63, 3.8) is 0 Å². The predicted octanol–water partition coefficient (Wildman–Crippen LogP) is 4.52. The number of ether oxygens (including phenoxy) is 1. The number of esters is 1. The molecular weight excluding hydrogens is 473 g/mol. The van der Waals surface area contributed by atoms with Gasteiger partial charge in [0, 0.05) is 22.6 Å². The summed E-state index contributed by atoms with van der Waals surface area (Å²) in [5, 5.41) is 12.0. The van der Waals surface area contributed by atoms with Crippen LogP contribution >= 0.6 is 0 Å². The number of aryl methyl sites for hydroxylation is 2. The number of nitrogens with zero attached hydrogens (tertiary/aromatic N) is 2. The summed E-state index contributed by atoms with van der Waals surface area (Å²) >= 11 is 0. The van der Waals surface area contributed by atoms with E-state index in [1.807, 2.05) is 20.8 Å². The molecule has 0 bridgehead atoms. The summed E-state index contributed by atoms with van der Waals surface area (Å²) in [4.78, 5) is 30.4. The Morgan fingerprint density at radius 1 is 1.22 bits per heavy atom. The van der Waals surface area contributed by atoms with Gasteiger partial charge in [0.15, 0.2) is 5.60 Å². The van der Waals surface area contributed by atoms with Crippen LogP contribution in [0.2, 0.25) is 0 Å². The van der Waals surface area contributed by atoms with Crippen molar-refractivity contribution in [3.05, 3.63) is 74.0 Å². The van der Waals surface area contributed by atoms with Gasteiger partial charge in [-0.25, -0.2) is 14.2 Å². The highest BCUT2D eigenvalue weighted by atomic mass is 19.1. The van der Waals surface area contributed by atoms with Crippen LogP contribution in [-0.4, -0.2) is 20.6 Å². The molecule has 2 aromatic heterocycles. The quantitative estimate of drug-likeness (QED) is 0.367. The Bertz CT molecular complexity index is 1500. The zero-order valence-electron chi connectivity index (χ0n) is 22.1. The van der Waals surface area contributed by atoms with E-state index in [9.17, 15) is 19.1 Å². The van der Waals surface area contributed by atoms with Gasteiger partial charge in [-0.3, -0.25) is 4.79 Å². The summed E-state index contributed by atoms with van der Waals surface area (Å²) < 4.78 is 21.4. The molecule has 3 aliphatic rings. The number of pyridine rings is 2. The first-order valence-corrected chi connectivity index (χ1v) is 12.8. The Morgan fingerprint density at radius 3 is 2.51 bits per heavy atom. The number of fused-ring (bicyclic) bond motifs is 5. The third kappa shape index (κ3) is 4.03. The van der Waals surface area contributed by atoms with E-state index in [4.69, 9.17) is 15.5 Å². The topological polar surface area (TPSA) is 107 Å². The number of benzene rings is 1. The number of cyclic esters (lactones) is 1. The van der Waals surface area contributed by atoms with Crippen molar-refractivity contribution in [2.75, 3.05) is 0 Å². The Hall–Kier alpha value is -3.52. The number of rotatable bonds is 1. The molecule has 3 aromatic rings. The predicted molar refractivity (Wildman–Crippen MR) is 142 cm³/mol. The summed E-state index contributed by atoms with van der Waals surface area (Å²) in [6.07, 6.45) is 2.68. The molecular formula is C29H34FN3O4. The van der Waals surface area contributed by atoms with Gasteiger partial charge in [-0.05, 0) is 68.0 Å². The molecule has 196 valence electrons. The largest absolute Gasteiger partial charge is 0.458 e. The highest BCUT2D eigenvalue weighted by Crippen LogP contribution is 2.43. The summed E-state index contributed by atoms with van der Waals surface area (Å²) in [7, 11) is 0. The minimum atomic E-state index is -1.85. The van der Waals surface area contributed by atoms with Crippen molar-refractivity contribution < 1.29 is 19.0 Å². The second kappa shape index (κ2) is 9.74. The fourth-order valence-electron chi connectivity index (χ4n) is 5.52. The summed E-state index contributed by atoms with van der Waals surface area (Å²) in [5.74, 6) is -1.01. The third-order valence-electron chi connectivity index (χ3n) is 7.27. The number of aromatic nitrogens is 2. The number of aliphatic hydroxyl groups is 1. The molecule has 1 aromatic carbocycles. The molecule has 6 rings (SSSR count). The lowest BCUT2D eigenvalue weighted by Crippen LogP contribution is -2.44. The van der Waals surface area contributed by atoms with Gasteiger partial charge in [0.1, 0.15) is 12.4 Å². The zero-order valence-corrected chi connectivity index (χ0v) is 22.1. The minimum absolute atomic E-state index is 0.0961. The number of halogens is 1. The molecule has 0 saturated carbocycles. The van der Waals surface area contributed by atoms with E-state index in [2.05, 4.69) is 6.58 Å². The highest BCUT2D eigenvalue weighted by Gasteiger charge is 2.45. The molecule has 0 spiro atoms. The maximum atomic E-state index is 14.6. The highest BCUT2D eigenvalue weighted by molar-refractivity contribution is 5.92. The van der Waals surface area contributed by atoms with E-state index in [0.717, 1.165) is 41.3 Å². The number of nitrogens with two attached hydrogens (primary N) is 1. The van der Waals surface area contributed by atoms with Gasteiger partial charge in [-0.1, -0.05) is 27.4 Å². The van der Waals surface area contributed by atoms with Crippen LogP contribution in [0.5, 0.6) is 0 Å². The number of carbonyl (C=O) groups excluding carboxylic acids is 1. The molecule has 37 heavy (non-hydrogen) atoms. The number of allylic oxidation sites excluding steroid dienone is 1. The molecule has 3 N–H and O–H groups in total. The van der Waals surface area contributed by atoms with Gasteiger partial charge in [0.05, 0.1) is 29.0 Å². The molecule has 1 atom stereocenters. The summed E-state index contributed by atoms with van der Waals surface area (Å²) in [5.41, 5.74) is 9.62. The van der Waals surface area contributed by atoms with E-state index < -0.39 is 11.6 Å². The van der Waals surface area contributed by atoms with E-state index in [1.165, 1.54) is 6.07 Å². The van der Waals surface area contributed by atoms with Gasteiger partial charge in [0.2, 0.25) is 0 Å². The third-order valence-corrected chi connectivity index (χ3v) is 7.27. The van der Waals surface area contributed by atoms with Gasteiger partial charge in [-0.15, -0.1) is 0 Å². The summed E-state index contributed by atoms with van der Waals surface area (Å²) in [6.45, 7) is 12.8. The molecule has 7 nitrogen and oxygen atoms in total. The molecule has 8 heteroatoms. The first-order chi connectivity index (χ1) is 17.6. The maximum Gasteiger partial charge on any atom is 0.343 e. The molecule has 0 amide bonds. The van der Waals surface area contributed by atoms with Crippen LogP contribution in [0.4, 0.5) is 4.39 Å². The molecule has 1 aliphatic carbocycles. The number of hydrogen-bond acceptors (Lipinski definition) is 6. The standard InChI is InChI=1S/C24H21FN2O4.C3H7N.C2H6/c1-3-24(30)16-7-19-21-14(9-27(19)22(28)15(16)10-31-23(24)29)13-6-4-5-12-11(2)17(25)8-18(26-21)20(12)13;1-3(2)4;1-2/h7-8,30H,3-6,9-10H2,1-2H3;1,4H2,2H3;1-2H3/t24-;;/m0../s1. The molecule has 0 radical (unpaired) electrons. The fraction of sp³-hybridized carbons (Fsp3) is 0.414. The molecule has 4 heterocycles. The lowest BCUT2D eigenvalue weighted by atomic mass is 9.84. The fourth-order valence-corrected chi connectivity index (χ4v) is 5.52. The second-order valence-electron chi connectivity index (χ2n) is 9.58. The molecule has 0 saturated heterocycles. The van der Waals surface area contributed by atoms with E-state index in [-0.39, 0.29) is 24.4 Å². The van der Waals surface area contributed by atoms with Crippen LogP contribution in [0.1, 0.15) is 73.9 Å². The van der Waals surface area contributed by atoms with Crippen LogP contribution in [0.3, 0.4) is 0 Å². The van der Waals surface area contributed by atoms with Crippen molar-refractivity contribution in [1.29, 1.82) is 0 Å². The Labute approximate surface area is 215 Å². The van der Waals surface area contributed by atoms with Crippen LogP contribution < -0.4 is 11.3 Å². The Morgan fingerprint density at radius 2 is 1.86 bits per heavy atom. The Kier molecular flexibility index (Phi) is 6.99. The average molecular weight is 508 g/mol. The zero-order chi connectivity index (χ0) is 27.2. The minimum Gasteiger partial charge on any atom is -0.458 e. The average Bonchev–Trinajstić information content (AvgIpc) is 3.25.